The molecule has 1 aromatic rings. The zero-order valence-electron chi connectivity index (χ0n) is 9.81. The lowest BCUT2D eigenvalue weighted by Gasteiger charge is -2.18. The van der Waals surface area contributed by atoms with Crippen molar-refractivity contribution in [2.45, 2.75) is 24.8 Å². The Labute approximate surface area is 107 Å². The van der Waals surface area contributed by atoms with Crippen LogP contribution in [0.15, 0.2) is 18.3 Å². The van der Waals surface area contributed by atoms with Gasteiger partial charge in [0.2, 0.25) is 5.91 Å². The van der Waals surface area contributed by atoms with Crippen molar-refractivity contribution in [2.75, 3.05) is 6.54 Å². The van der Waals surface area contributed by atoms with Crippen molar-refractivity contribution in [3.8, 4) is 6.07 Å². The summed E-state index contributed by atoms with van der Waals surface area (Å²) in [5.41, 5.74) is 0.276. The number of hydrogen-bond donors (Lipinski definition) is 0. The van der Waals surface area contributed by atoms with Gasteiger partial charge in [-0.15, -0.1) is 0 Å². The Bertz CT molecular complexity index is 524. The van der Waals surface area contributed by atoms with Gasteiger partial charge in [-0.05, 0) is 12.1 Å². The fourth-order valence-electron chi connectivity index (χ4n) is 1.96. The van der Waals surface area contributed by atoms with Crippen LogP contribution in [0.5, 0.6) is 0 Å². The summed E-state index contributed by atoms with van der Waals surface area (Å²) < 4.78 is 39.0. The number of amides is 1. The molecule has 1 atom stereocenters. The Morgan fingerprint density at radius 1 is 1.58 bits per heavy atom. The molecule has 1 unspecified atom stereocenters. The lowest BCUT2D eigenvalue weighted by molar-refractivity contribution is -0.131. The lowest BCUT2D eigenvalue weighted by atomic mass is 10.2. The number of nitrogens with zero attached hydrogens (tertiary/aromatic N) is 3. The van der Waals surface area contributed by atoms with Gasteiger partial charge in [-0.3, -0.25) is 9.78 Å². The van der Waals surface area contributed by atoms with E-state index in [1.165, 1.54) is 6.07 Å². The van der Waals surface area contributed by atoms with E-state index >= 15 is 0 Å². The summed E-state index contributed by atoms with van der Waals surface area (Å²) in [6, 6.07) is 3.01. The van der Waals surface area contributed by atoms with Crippen molar-refractivity contribution < 1.29 is 18.0 Å². The molecule has 0 aromatic carbocycles. The van der Waals surface area contributed by atoms with Crippen molar-refractivity contribution in [1.82, 2.24) is 9.88 Å². The van der Waals surface area contributed by atoms with Crippen LogP contribution in [-0.4, -0.2) is 34.3 Å². The molecular weight excluding hydrogens is 259 g/mol. The molecule has 0 bridgehead atoms. The Kier molecular flexibility index (Phi) is 3.42. The second-order valence-corrected chi connectivity index (χ2v) is 4.37. The van der Waals surface area contributed by atoms with Gasteiger partial charge in [0.05, 0.1) is 25.2 Å². The van der Waals surface area contributed by atoms with E-state index < -0.39 is 36.7 Å². The minimum absolute atomic E-state index is 0.228. The second-order valence-electron chi connectivity index (χ2n) is 4.37. The fraction of sp³-hybridized carbons (Fsp3) is 0.417. The molecule has 1 saturated heterocycles. The molecule has 7 heteroatoms. The first kappa shape index (κ1) is 13.3. The fourth-order valence-corrected chi connectivity index (χ4v) is 1.96. The summed E-state index contributed by atoms with van der Waals surface area (Å²) in [5, 5.41) is 8.78. The van der Waals surface area contributed by atoms with Crippen molar-refractivity contribution in [3.05, 3.63) is 29.8 Å². The number of rotatable bonds is 2. The van der Waals surface area contributed by atoms with Gasteiger partial charge in [0.15, 0.2) is 0 Å². The molecule has 1 amide bonds. The van der Waals surface area contributed by atoms with E-state index in [2.05, 4.69) is 4.98 Å². The van der Waals surface area contributed by atoms with Gasteiger partial charge < -0.3 is 4.90 Å². The van der Waals surface area contributed by atoms with Crippen molar-refractivity contribution in [2.24, 2.45) is 0 Å². The molecule has 0 spiro atoms. The molecule has 0 radical (unpaired) electrons. The first-order valence-electron chi connectivity index (χ1n) is 5.59. The first-order chi connectivity index (χ1) is 8.91. The lowest BCUT2D eigenvalue weighted by Crippen LogP contribution is -2.37. The van der Waals surface area contributed by atoms with Crippen LogP contribution in [0.1, 0.15) is 12.1 Å². The minimum Gasteiger partial charge on any atom is -0.320 e. The largest absolute Gasteiger partial charge is 0.320 e. The molecule has 1 aromatic heterocycles. The molecule has 0 N–H and O–H groups in total. The maximum Gasteiger partial charge on any atom is 0.268 e. The Balaban J connectivity index is 2.08. The summed E-state index contributed by atoms with van der Waals surface area (Å²) in [4.78, 5) is 16.4. The van der Waals surface area contributed by atoms with Crippen LogP contribution in [0.2, 0.25) is 0 Å². The van der Waals surface area contributed by atoms with Gasteiger partial charge in [0.1, 0.15) is 11.9 Å². The summed E-state index contributed by atoms with van der Waals surface area (Å²) >= 11 is 0. The van der Waals surface area contributed by atoms with Gasteiger partial charge in [0.25, 0.3) is 5.92 Å². The molecule has 0 aliphatic carbocycles. The highest BCUT2D eigenvalue weighted by Gasteiger charge is 2.47. The number of nitriles is 1. The average molecular weight is 269 g/mol. The predicted octanol–water partition coefficient (Wildman–Crippen LogP) is 1.52. The number of aromatic nitrogens is 1. The zero-order valence-corrected chi connectivity index (χ0v) is 9.81. The van der Waals surface area contributed by atoms with Gasteiger partial charge >= 0.3 is 0 Å². The number of alkyl halides is 2. The monoisotopic (exact) mass is 269 g/mol. The van der Waals surface area contributed by atoms with E-state index in [1.807, 2.05) is 0 Å². The highest BCUT2D eigenvalue weighted by atomic mass is 19.3. The number of halogens is 3. The topological polar surface area (TPSA) is 57.0 Å². The molecule has 19 heavy (non-hydrogen) atoms. The van der Waals surface area contributed by atoms with Crippen LogP contribution in [0.4, 0.5) is 13.2 Å². The summed E-state index contributed by atoms with van der Waals surface area (Å²) in [6.45, 7) is -0.759. The number of pyridine rings is 1. The number of likely N-dealkylation sites (tertiary alicyclic amines) is 1. The van der Waals surface area contributed by atoms with Gasteiger partial charge in [0, 0.05) is 12.1 Å². The molecule has 0 saturated carbocycles. The van der Waals surface area contributed by atoms with Crippen molar-refractivity contribution >= 4 is 5.91 Å². The van der Waals surface area contributed by atoms with Crippen LogP contribution in [0, 0.1) is 17.1 Å². The highest BCUT2D eigenvalue weighted by molar-refractivity contribution is 5.79. The predicted molar refractivity (Wildman–Crippen MR) is 58.6 cm³/mol. The molecule has 4 nitrogen and oxygen atoms in total. The third-order valence-corrected chi connectivity index (χ3v) is 2.86. The van der Waals surface area contributed by atoms with E-state index in [1.54, 1.807) is 6.07 Å². The molecule has 2 heterocycles. The minimum atomic E-state index is -3.04. The molecule has 1 aliphatic rings. The summed E-state index contributed by atoms with van der Waals surface area (Å²) in [5.74, 6) is -4.19. The van der Waals surface area contributed by atoms with E-state index in [0.717, 1.165) is 17.2 Å². The maximum atomic E-state index is 13.2. The average Bonchev–Trinajstić information content (AvgIpc) is 2.68. The Hall–Kier alpha value is -2.10. The number of carbonyl (C=O) groups is 1. The number of hydrogen-bond acceptors (Lipinski definition) is 3. The summed E-state index contributed by atoms with van der Waals surface area (Å²) in [7, 11) is 0. The molecular formula is C12H10F3N3O. The quantitative estimate of drug-likeness (QED) is 0.818. The molecule has 100 valence electrons. The molecule has 2 rings (SSSR count). The van der Waals surface area contributed by atoms with Gasteiger partial charge in [-0.1, -0.05) is 0 Å². The van der Waals surface area contributed by atoms with Crippen molar-refractivity contribution in [3.63, 3.8) is 0 Å². The van der Waals surface area contributed by atoms with Crippen molar-refractivity contribution in [1.29, 1.82) is 5.26 Å². The molecule has 1 aliphatic heterocycles. The normalized spacial score (nSPS) is 21.2. The highest BCUT2D eigenvalue weighted by Crippen LogP contribution is 2.31. The molecule has 1 fully saturated rings. The third kappa shape index (κ3) is 3.02. The van der Waals surface area contributed by atoms with E-state index in [0.29, 0.717) is 0 Å². The first-order valence-corrected chi connectivity index (χ1v) is 5.59. The zero-order chi connectivity index (χ0) is 14.0. The third-order valence-electron chi connectivity index (χ3n) is 2.86. The van der Waals surface area contributed by atoms with E-state index in [-0.39, 0.29) is 12.1 Å². The Morgan fingerprint density at radius 2 is 2.32 bits per heavy atom. The van der Waals surface area contributed by atoms with Gasteiger partial charge in [-0.2, -0.15) is 5.26 Å². The SMILES string of the molecule is N#CC1CC(F)(F)CN1C(=O)Cc1ccc(F)cn1. The van der Waals surface area contributed by atoms with E-state index in [4.69, 9.17) is 5.26 Å². The van der Waals surface area contributed by atoms with Gasteiger partial charge in [-0.25, -0.2) is 13.2 Å². The van der Waals surface area contributed by atoms with Crippen LogP contribution in [0.3, 0.4) is 0 Å². The van der Waals surface area contributed by atoms with Crippen LogP contribution in [-0.2, 0) is 11.2 Å². The summed E-state index contributed by atoms with van der Waals surface area (Å²) in [6.07, 6.45) is 0.0730. The van der Waals surface area contributed by atoms with E-state index in [9.17, 15) is 18.0 Å². The smallest absolute Gasteiger partial charge is 0.268 e. The maximum absolute atomic E-state index is 13.2. The number of carbonyl (C=O) groups excluding carboxylic acids is 1. The standard InChI is InChI=1S/C12H10F3N3O/c13-8-1-2-9(17-6-8)3-11(19)18-7-12(14,15)4-10(18)5-16/h1-2,6,10H,3-4,7H2. The Morgan fingerprint density at radius 3 is 2.89 bits per heavy atom. The van der Waals surface area contributed by atoms with Crippen LogP contribution >= 0.6 is 0 Å². The second kappa shape index (κ2) is 4.88. The van der Waals surface area contributed by atoms with Crippen LogP contribution < -0.4 is 0 Å². The van der Waals surface area contributed by atoms with Crippen LogP contribution in [0.25, 0.3) is 0 Å².